The summed E-state index contributed by atoms with van der Waals surface area (Å²) >= 11 is 0. The quantitative estimate of drug-likeness (QED) is 0.333. The molecular weight excluding hydrogens is 398 g/mol. The molecule has 0 aliphatic carbocycles. The van der Waals surface area contributed by atoms with E-state index in [0.29, 0.717) is 12.2 Å². The van der Waals surface area contributed by atoms with Crippen LogP contribution in [0.15, 0.2) is 73.3 Å². The Morgan fingerprint density at radius 2 is 1.87 bits per heavy atom. The smallest absolute Gasteiger partial charge is 0.410 e. The van der Waals surface area contributed by atoms with Gasteiger partial charge in [0.05, 0.1) is 5.69 Å². The van der Waals surface area contributed by atoms with Gasteiger partial charge in [0.15, 0.2) is 0 Å². The molecule has 1 aliphatic heterocycles. The van der Waals surface area contributed by atoms with Crippen LogP contribution in [0.1, 0.15) is 12.0 Å². The van der Waals surface area contributed by atoms with Gasteiger partial charge in [-0.25, -0.2) is 4.79 Å². The second-order valence-electron chi connectivity index (χ2n) is 8.40. The topological polar surface area (TPSA) is 29.5 Å². The van der Waals surface area contributed by atoms with E-state index in [1.54, 1.807) is 17.0 Å². The van der Waals surface area contributed by atoms with Crippen LogP contribution in [0.4, 0.5) is 10.5 Å². The zero-order valence-corrected chi connectivity index (χ0v) is 19.3. The molecule has 1 heterocycles. The second kappa shape index (κ2) is 9.56. The molecule has 0 unspecified atom stereocenters. The molecule has 2 atom stereocenters. The molecule has 156 valence electrons. The number of hydrogen-bond donors (Lipinski definition) is 0. The Morgan fingerprint density at radius 1 is 1.19 bits per heavy atom. The van der Waals surface area contributed by atoms with Crippen molar-refractivity contribution in [3.05, 3.63) is 78.9 Å². The summed E-state index contributed by atoms with van der Waals surface area (Å²) in [6.45, 7) is 10.4. The van der Waals surface area contributed by atoms with Gasteiger partial charge >= 0.3 is 6.09 Å². The highest BCUT2D eigenvalue weighted by Gasteiger charge is 2.33. The zero-order valence-electron chi connectivity index (χ0n) is 18.3. The highest BCUT2D eigenvalue weighted by Crippen LogP contribution is 2.39. The van der Waals surface area contributed by atoms with Crippen LogP contribution >= 0.6 is 0 Å². The Kier molecular flexibility index (Phi) is 6.85. The largest absolute Gasteiger partial charge is 0.421 e. The van der Waals surface area contributed by atoms with Crippen LogP contribution in [0.25, 0.3) is 5.57 Å². The lowest BCUT2D eigenvalue weighted by molar-refractivity contribution is 0.207. The summed E-state index contributed by atoms with van der Waals surface area (Å²) in [5, 5.41) is 0. The predicted molar refractivity (Wildman–Crippen MR) is 131 cm³/mol. The maximum atomic E-state index is 13.3. The third kappa shape index (κ3) is 5.37. The van der Waals surface area contributed by atoms with Crippen LogP contribution in [-0.4, -0.2) is 20.2 Å². The fourth-order valence-electron chi connectivity index (χ4n) is 3.41. The van der Waals surface area contributed by atoms with Crippen LogP contribution in [0.5, 0.6) is 5.75 Å². The van der Waals surface area contributed by atoms with Gasteiger partial charge in [0.25, 0.3) is 0 Å². The van der Waals surface area contributed by atoms with Crippen molar-refractivity contribution in [3.63, 3.8) is 0 Å². The normalized spacial score (nSPS) is 16.0. The van der Waals surface area contributed by atoms with Gasteiger partial charge in [-0.2, -0.15) is 0 Å². The number of hydrogen-bond acceptors (Lipinski definition) is 2. The van der Waals surface area contributed by atoms with E-state index < -0.39 is 20.2 Å². The van der Waals surface area contributed by atoms with Crippen LogP contribution in [0.2, 0.25) is 19.6 Å². The molecule has 3 rings (SSSR count). The summed E-state index contributed by atoms with van der Waals surface area (Å²) in [6.07, 6.45) is 9.88. The lowest BCUT2D eigenvalue weighted by atomic mass is 9.85. The first kappa shape index (κ1) is 22.2. The third-order valence-electron chi connectivity index (χ3n) is 4.81. The number of fused-ring (bicyclic) bond motifs is 1. The van der Waals surface area contributed by atoms with E-state index in [1.807, 2.05) is 54.6 Å². The molecule has 1 amide bonds. The van der Waals surface area contributed by atoms with E-state index in [2.05, 4.69) is 43.6 Å². The van der Waals surface area contributed by atoms with Crippen molar-refractivity contribution in [3.8, 4) is 29.6 Å². The first-order chi connectivity index (χ1) is 14.8. The molecule has 0 radical (unpaired) electrons. The van der Waals surface area contributed by atoms with E-state index in [4.69, 9.17) is 11.2 Å². The average molecular weight is 426 g/mol. The van der Waals surface area contributed by atoms with Crippen LogP contribution in [0, 0.1) is 29.7 Å². The summed E-state index contributed by atoms with van der Waals surface area (Å²) < 4.78 is 5.69. The first-order valence-electron chi connectivity index (χ1n) is 10.3. The molecule has 0 saturated heterocycles. The lowest BCUT2D eigenvalue weighted by Crippen LogP contribution is -2.43. The molecule has 0 N–H and O–H groups in total. The predicted octanol–water partition coefficient (Wildman–Crippen LogP) is 6.16. The van der Waals surface area contributed by atoms with Crippen molar-refractivity contribution in [2.75, 3.05) is 4.90 Å². The Hall–Kier alpha value is -3.47. The first-order valence-corrected chi connectivity index (χ1v) is 13.8. The van der Waals surface area contributed by atoms with E-state index in [-0.39, 0.29) is 5.92 Å². The molecule has 31 heavy (non-hydrogen) atoms. The van der Waals surface area contributed by atoms with Gasteiger partial charge < -0.3 is 4.74 Å². The number of rotatable bonds is 4. The van der Waals surface area contributed by atoms with Gasteiger partial charge in [-0.1, -0.05) is 74.0 Å². The summed E-state index contributed by atoms with van der Waals surface area (Å²) in [6, 6.07) is 16.4. The van der Waals surface area contributed by atoms with Gasteiger partial charge in [0.2, 0.25) is 0 Å². The summed E-state index contributed by atoms with van der Waals surface area (Å²) in [5.74, 6) is 6.57. The van der Waals surface area contributed by atoms with Crippen LogP contribution in [0.3, 0.4) is 0 Å². The maximum absolute atomic E-state index is 13.3. The molecule has 0 bridgehead atoms. The molecule has 0 spiro atoms. The number of carbonyl (C=O) groups is 1. The van der Waals surface area contributed by atoms with Crippen molar-refractivity contribution in [2.24, 2.45) is 5.92 Å². The number of para-hydroxylation sites is 2. The van der Waals surface area contributed by atoms with E-state index in [0.717, 1.165) is 16.8 Å². The van der Waals surface area contributed by atoms with Gasteiger partial charge in [0, 0.05) is 11.5 Å². The summed E-state index contributed by atoms with van der Waals surface area (Å²) in [5.41, 5.74) is 6.07. The molecular formula is C27H27NO2Si. The number of anilines is 1. The zero-order chi connectivity index (χ0) is 22.4. The van der Waals surface area contributed by atoms with Crippen molar-refractivity contribution in [1.82, 2.24) is 0 Å². The number of carbonyl (C=O) groups excluding carboxylic acids is 1. The SMILES string of the molecule is C#C[C@@H](CC=C)C1=C[C@@H](C#C[Si](C)(C)C)N(C(=O)Oc2ccccc2)c2ccccc21. The lowest BCUT2D eigenvalue weighted by Gasteiger charge is -2.34. The van der Waals surface area contributed by atoms with Crippen molar-refractivity contribution in [2.45, 2.75) is 32.1 Å². The molecule has 2 aromatic rings. The number of amides is 1. The maximum Gasteiger partial charge on any atom is 0.421 e. The van der Waals surface area contributed by atoms with Gasteiger partial charge in [0.1, 0.15) is 19.9 Å². The molecule has 2 aromatic carbocycles. The van der Waals surface area contributed by atoms with Gasteiger partial charge in [-0.3, -0.25) is 4.90 Å². The van der Waals surface area contributed by atoms with Crippen LogP contribution in [-0.2, 0) is 0 Å². The van der Waals surface area contributed by atoms with Crippen LogP contribution < -0.4 is 9.64 Å². The third-order valence-corrected chi connectivity index (χ3v) is 5.70. The van der Waals surface area contributed by atoms with E-state index in [1.165, 1.54) is 0 Å². The minimum Gasteiger partial charge on any atom is -0.410 e. The minimum atomic E-state index is -1.67. The van der Waals surface area contributed by atoms with Crippen molar-refractivity contribution >= 4 is 25.4 Å². The summed E-state index contributed by atoms with van der Waals surface area (Å²) in [7, 11) is -1.67. The van der Waals surface area contributed by atoms with Crippen molar-refractivity contribution < 1.29 is 9.53 Å². The highest BCUT2D eigenvalue weighted by atomic mass is 28.3. The molecule has 1 aliphatic rings. The average Bonchev–Trinajstić information content (AvgIpc) is 2.75. The number of allylic oxidation sites excluding steroid dienone is 2. The number of terminal acetylenes is 1. The van der Waals surface area contributed by atoms with Crippen molar-refractivity contribution in [1.29, 1.82) is 0 Å². The van der Waals surface area contributed by atoms with Gasteiger partial charge in [-0.15, -0.1) is 18.5 Å². The molecule has 0 aromatic heterocycles. The van der Waals surface area contributed by atoms with Gasteiger partial charge in [-0.05, 0) is 36.3 Å². The standard InChI is InChI=1S/C27H27NO2Si/c1-6-13-21(7-2)25-20-22(18-19-31(3,4)5)28(26-17-12-11-16-24(25)26)27(29)30-23-14-9-8-10-15-23/h2,6,8-12,14-17,20-22H,1,13H2,3-5H3/t21-,22+/m0/s1. The second-order valence-corrected chi connectivity index (χ2v) is 13.1. The Labute approximate surface area is 186 Å². The Balaban J connectivity index is 2.12. The molecule has 4 heteroatoms. The Morgan fingerprint density at radius 3 is 2.52 bits per heavy atom. The molecule has 0 saturated carbocycles. The number of nitrogens with zero attached hydrogens (tertiary/aromatic N) is 1. The highest BCUT2D eigenvalue weighted by molar-refractivity contribution is 6.83. The number of ether oxygens (including phenoxy) is 1. The minimum absolute atomic E-state index is 0.137. The van der Waals surface area contributed by atoms with E-state index in [9.17, 15) is 4.79 Å². The monoisotopic (exact) mass is 425 g/mol. The summed E-state index contributed by atoms with van der Waals surface area (Å²) in [4.78, 5) is 14.9. The fraction of sp³-hybridized carbons (Fsp3) is 0.222. The molecule has 0 fully saturated rings. The van der Waals surface area contributed by atoms with E-state index >= 15 is 0 Å². The molecule has 3 nitrogen and oxygen atoms in total. The Bertz CT molecular complexity index is 1090. The fourth-order valence-corrected chi connectivity index (χ4v) is 4.00. The number of benzene rings is 2.